The van der Waals surface area contributed by atoms with E-state index in [1.807, 2.05) is 42.2 Å². The lowest BCUT2D eigenvalue weighted by molar-refractivity contribution is 0.270. The predicted octanol–water partition coefficient (Wildman–Crippen LogP) is 7.44. The van der Waals surface area contributed by atoms with Gasteiger partial charge in [0.15, 0.2) is 0 Å². The molecule has 44 heavy (non-hydrogen) atoms. The zero-order chi connectivity index (χ0) is 30.9. The highest BCUT2D eigenvalue weighted by Crippen LogP contribution is 2.39. The zero-order valence-corrected chi connectivity index (χ0v) is 27.2. The van der Waals surface area contributed by atoms with Crippen LogP contribution < -0.4 is 5.32 Å². The van der Waals surface area contributed by atoms with Gasteiger partial charge in [0.05, 0.1) is 12.2 Å². The number of allylic oxidation sites excluding steroid dienone is 5. The van der Waals surface area contributed by atoms with Crippen molar-refractivity contribution in [3.63, 3.8) is 0 Å². The smallest absolute Gasteiger partial charge is 0.224 e. The highest BCUT2D eigenvalue weighted by Gasteiger charge is 2.29. The average Bonchev–Trinajstić information content (AvgIpc) is 3.75. The summed E-state index contributed by atoms with van der Waals surface area (Å²) < 4.78 is 4.30. The Morgan fingerprint density at radius 1 is 1.18 bits per heavy atom. The van der Waals surface area contributed by atoms with Crippen molar-refractivity contribution in [2.45, 2.75) is 58.5 Å². The fourth-order valence-corrected chi connectivity index (χ4v) is 6.51. The number of fused-ring (bicyclic) bond motifs is 1. The van der Waals surface area contributed by atoms with Gasteiger partial charge in [0.1, 0.15) is 5.65 Å². The first kappa shape index (κ1) is 31.9. The molecule has 0 bridgehead atoms. The van der Waals surface area contributed by atoms with Crippen LogP contribution >= 0.6 is 11.6 Å². The number of hydrogen-bond donors (Lipinski definition) is 1. The standard InChI is InChI=1S/C36H46ClN7/c1-5-8-29(9-6-2)25-43-21-17-34(41-43)33-26-44(35-32(33)23-39-36(37)40-35)31-15-14-30(22-31)24-42(4)20-7-18-38-19-16-28-12-10-27(3)11-13-28/h5-6,8-13,17,21,23,26,30-31,38H,1,7,14-16,18-20,22,24-25H2,2-4H3/b9-6-,29-8+/t30?,31-/m0/s1. The van der Waals surface area contributed by atoms with Crippen LogP contribution in [0.15, 0.2) is 85.4 Å². The van der Waals surface area contributed by atoms with Gasteiger partial charge in [0.25, 0.3) is 0 Å². The Morgan fingerprint density at radius 2 is 2.02 bits per heavy atom. The average molecular weight is 612 g/mol. The van der Waals surface area contributed by atoms with Gasteiger partial charge in [-0.05, 0) is 107 Å². The van der Waals surface area contributed by atoms with Crippen molar-refractivity contribution in [2.75, 3.05) is 33.2 Å². The van der Waals surface area contributed by atoms with Crippen molar-refractivity contribution in [3.05, 3.63) is 102 Å². The van der Waals surface area contributed by atoms with Crippen LogP contribution in [0.1, 0.15) is 49.8 Å². The van der Waals surface area contributed by atoms with Gasteiger partial charge in [0.2, 0.25) is 5.28 Å². The molecule has 0 saturated heterocycles. The van der Waals surface area contributed by atoms with Gasteiger partial charge < -0.3 is 14.8 Å². The number of benzene rings is 1. The number of rotatable bonds is 15. The van der Waals surface area contributed by atoms with Gasteiger partial charge in [-0.1, -0.05) is 60.7 Å². The molecule has 1 N–H and O–H groups in total. The van der Waals surface area contributed by atoms with Crippen LogP contribution in [0.5, 0.6) is 0 Å². The normalized spacial score (nSPS) is 17.4. The summed E-state index contributed by atoms with van der Waals surface area (Å²) in [7, 11) is 2.26. The van der Waals surface area contributed by atoms with Gasteiger partial charge in [-0.2, -0.15) is 10.1 Å². The third-order valence-electron chi connectivity index (χ3n) is 8.60. The van der Waals surface area contributed by atoms with E-state index >= 15 is 0 Å². The van der Waals surface area contributed by atoms with Crippen molar-refractivity contribution >= 4 is 22.6 Å². The quantitative estimate of drug-likeness (QED) is 0.0860. The van der Waals surface area contributed by atoms with E-state index in [2.05, 4.69) is 87.9 Å². The number of hydrogen-bond acceptors (Lipinski definition) is 5. The van der Waals surface area contributed by atoms with Gasteiger partial charge in [-0.3, -0.25) is 4.68 Å². The van der Waals surface area contributed by atoms with E-state index in [-0.39, 0.29) is 5.28 Å². The van der Waals surface area contributed by atoms with E-state index in [1.54, 1.807) is 0 Å². The summed E-state index contributed by atoms with van der Waals surface area (Å²) in [6, 6.07) is 11.3. The molecule has 0 aliphatic heterocycles. The first-order chi connectivity index (χ1) is 21.4. The summed E-state index contributed by atoms with van der Waals surface area (Å²) in [5, 5.41) is 9.80. The molecule has 4 aromatic rings. The van der Waals surface area contributed by atoms with Crippen LogP contribution in [0.25, 0.3) is 22.3 Å². The highest BCUT2D eigenvalue weighted by atomic mass is 35.5. The second kappa shape index (κ2) is 15.5. The minimum atomic E-state index is 0.279. The van der Waals surface area contributed by atoms with E-state index in [4.69, 9.17) is 16.7 Å². The third-order valence-corrected chi connectivity index (χ3v) is 8.78. The Bertz CT molecular complexity index is 1580. The molecule has 3 heterocycles. The largest absolute Gasteiger partial charge is 0.329 e. The van der Waals surface area contributed by atoms with Crippen LogP contribution in [-0.2, 0) is 13.0 Å². The van der Waals surface area contributed by atoms with E-state index in [0.717, 1.165) is 79.7 Å². The second-order valence-electron chi connectivity index (χ2n) is 12.1. The van der Waals surface area contributed by atoms with Crippen LogP contribution in [0, 0.1) is 12.8 Å². The van der Waals surface area contributed by atoms with Crippen LogP contribution in [0.2, 0.25) is 5.28 Å². The summed E-state index contributed by atoms with van der Waals surface area (Å²) in [6.07, 6.45) is 19.8. The minimum Gasteiger partial charge on any atom is -0.329 e. The maximum absolute atomic E-state index is 6.30. The summed E-state index contributed by atoms with van der Waals surface area (Å²) in [6.45, 7) is 13.0. The minimum absolute atomic E-state index is 0.279. The lowest BCUT2D eigenvalue weighted by Gasteiger charge is -2.21. The molecule has 1 aliphatic rings. The summed E-state index contributed by atoms with van der Waals surface area (Å²) in [5.74, 6) is 0.665. The van der Waals surface area contributed by atoms with Crippen molar-refractivity contribution in [1.29, 1.82) is 0 Å². The van der Waals surface area contributed by atoms with E-state index in [0.29, 0.717) is 18.5 Å². The summed E-state index contributed by atoms with van der Waals surface area (Å²) >= 11 is 6.30. The third kappa shape index (κ3) is 8.35. The highest BCUT2D eigenvalue weighted by molar-refractivity contribution is 6.28. The maximum atomic E-state index is 6.30. The number of aryl methyl sites for hydroxylation is 1. The zero-order valence-electron chi connectivity index (χ0n) is 26.4. The molecule has 7 nitrogen and oxygen atoms in total. The first-order valence-corrected chi connectivity index (χ1v) is 16.3. The van der Waals surface area contributed by atoms with Crippen LogP contribution in [0.3, 0.4) is 0 Å². The first-order valence-electron chi connectivity index (χ1n) is 15.9. The molecule has 2 atom stereocenters. The Morgan fingerprint density at radius 3 is 2.82 bits per heavy atom. The molecule has 1 aromatic carbocycles. The fraction of sp³-hybridized carbons (Fsp3) is 0.417. The molecule has 8 heteroatoms. The number of nitrogens with one attached hydrogen (secondary N) is 1. The second-order valence-corrected chi connectivity index (χ2v) is 12.5. The van der Waals surface area contributed by atoms with Crippen molar-refractivity contribution < 1.29 is 0 Å². The van der Waals surface area contributed by atoms with E-state index in [1.165, 1.54) is 17.5 Å². The molecule has 1 saturated carbocycles. The van der Waals surface area contributed by atoms with Crippen molar-refractivity contribution in [1.82, 2.24) is 34.5 Å². The van der Waals surface area contributed by atoms with Crippen molar-refractivity contribution in [3.8, 4) is 11.3 Å². The SMILES string of the molecule is C=C/C=C(\C=C/C)Cn1ccc(-c2cn([C@H]3CCC(CN(C)CCCNCCc4ccc(C)cc4)C3)c3nc(Cl)ncc23)n1. The molecule has 3 aromatic heterocycles. The molecular weight excluding hydrogens is 566 g/mol. The molecule has 0 spiro atoms. The Labute approximate surface area is 267 Å². The Hall–Kier alpha value is -3.52. The molecule has 1 unspecified atom stereocenters. The van der Waals surface area contributed by atoms with Gasteiger partial charge in [0, 0.05) is 42.1 Å². The van der Waals surface area contributed by atoms with Crippen molar-refractivity contribution in [2.24, 2.45) is 5.92 Å². The molecule has 1 aliphatic carbocycles. The molecule has 5 rings (SSSR count). The molecule has 0 radical (unpaired) electrons. The lowest BCUT2D eigenvalue weighted by atomic mass is 10.1. The predicted molar refractivity (Wildman–Crippen MR) is 183 cm³/mol. The van der Waals surface area contributed by atoms with Gasteiger partial charge >= 0.3 is 0 Å². The number of halogens is 1. The summed E-state index contributed by atoms with van der Waals surface area (Å²) in [5.41, 5.74) is 6.72. The number of aromatic nitrogens is 5. The Balaban J connectivity index is 1.16. The van der Waals surface area contributed by atoms with E-state index < -0.39 is 0 Å². The Kier molecular flexibility index (Phi) is 11.2. The molecule has 1 fully saturated rings. The molecular formula is C36H46ClN7. The van der Waals surface area contributed by atoms with Crippen LogP contribution in [0.4, 0.5) is 0 Å². The van der Waals surface area contributed by atoms with Gasteiger partial charge in [-0.25, -0.2) is 4.98 Å². The topological polar surface area (TPSA) is 63.8 Å². The lowest BCUT2D eigenvalue weighted by Crippen LogP contribution is -2.28. The van der Waals surface area contributed by atoms with Gasteiger partial charge in [-0.15, -0.1) is 0 Å². The molecule has 0 amide bonds. The van der Waals surface area contributed by atoms with E-state index in [9.17, 15) is 0 Å². The summed E-state index contributed by atoms with van der Waals surface area (Å²) in [4.78, 5) is 11.5. The number of nitrogens with zero attached hydrogens (tertiary/aromatic N) is 6. The maximum Gasteiger partial charge on any atom is 0.224 e. The fourth-order valence-electron chi connectivity index (χ4n) is 6.38. The molecule has 232 valence electrons. The monoisotopic (exact) mass is 611 g/mol. The van der Waals surface area contributed by atoms with Crippen LogP contribution in [-0.4, -0.2) is 62.4 Å².